The van der Waals surface area contributed by atoms with E-state index in [4.69, 9.17) is 9.47 Å². The maximum absolute atomic E-state index is 12.6. The van der Waals surface area contributed by atoms with Crippen molar-refractivity contribution in [1.82, 2.24) is 4.90 Å². The van der Waals surface area contributed by atoms with Crippen LogP contribution in [0.2, 0.25) is 0 Å². The Balaban J connectivity index is 2.37. The summed E-state index contributed by atoms with van der Waals surface area (Å²) >= 11 is 2.90. The Morgan fingerprint density at radius 3 is 2.62 bits per heavy atom. The third kappa shape index (κ3) is 4.14. The fraction of sp³-hybridized carbons (Fsp3) is 0.353. The summed E-state index contributed by atoms with van der Waals surface area (Å²) in [5.74, 6) is -0.0137. The highest BCUT2D eigenvalue weighted by Gasteiger charge is 2.41. The predicted octanol–water partition coefficient (Wildman–Crippen LogP) is 3.30. The molecule has 2 amide bonds. The third-order valence-corrected chi connectivity index (χ3v) is 5.27. The number of methoxy groups -OCH3 is 2. The topological polar surface area (TPSA) is 82.1 Å². The first kappa shape index (κ1) is 20.6. The molecule has 1 atom stereocenters. The fourth-order valence-corrected chi connectivity index (χ4v) is 4.13. The highest BCUT2D eigenvalue weighted by atomic mass is 127. The Morgan fingerprint density at radius 1 is 1.35 bits per heavy atom. The van der Waals surface area contributed by atoms with Crippen molar-refractivity contribution in [2.24, 2.45) is 0 Å². The average Bonchev–Trinajstić information content (AvgIpc) is 2.87. The number of ether oxygens (including phenoxy) is 3. The van der Waals surface area contributed by atoms with Crippen LogP contribution in [0.3, 0.4) is 0 Å². The van der Waals surface area contributed by atoms with Gasteiger partial charge in [0, 0.05) is 0 Å². The van der Waals surface area contributed by atoms with Gasteiger partial charge in [-0.05, 0) is 72.0 Å². The zero-order chi connectivity index (χ0) is 19.4. The number of carbonyl (C=O) groups excluding carboxylic acids is 3. The summed E-state index contributed by atoms with van der Waals surface area (Å²) in [4.78, 5) is 37.5. The molecule has 0 N–H and O–H groups in total. The average molecular weight is 491 g/mol. The molecule has 140 valence electrons. The van der Waals surface area contributed by atoms with Crippen LogP contribution >= 0.6 is 34.4 Å². The Morgan fingerprint density at radius 2 is 2.04 bits per heavy atom. The molecule has 2 rings (SSSR count). The van der Waals surface area contributed by atoms with E-state index in [2.05, 4.69) is 27.3 Å². The number of benzene rings is 1. The Kier molecular flexibility index (Phi) is 6.93. The first-order valence-corrected chi connectivity index (χ1v) is 9.58. The minimum atomic E-state index is -0.978. The molecular formula is C17H18INO6S. The molecule has 0 saturated carbocycles. The summed E-state index contributed by atoms with van der Waals surface area (Å²) in [7, 11) is 2.77. The van der Waals surface area contributed by atoms with Crippen LogP contribution in [0.15, 0.2) is 17.0 Å². The molecule has 1 aromatic rings. The van der Waals surface area contributed by atoms with Gasteiger partial charge in [0.25, 0.3) is 11.1 Å². The van der Waals surface area contributed by atoms with Crippen molar-refractivity contribution in [3.63, 3.8) is 0 Å². The zero-order valence-corrected chi connectivity index (χ0v) is 17.7. The Hall–Kier alpha value is -1.75. The number of esters is 1. The van der Waals surface area contributed by atoms with Crippen LogP contribution in [0, 0.1) is 3.57 Å². The van der Waals surface area contributed by atoms with Crippen LogP contribution in [0.25, 0.3) is 6.08 Å². The molecule has 1 fully saturated rings. The van der Waals surface area contributed by atoms with E-state index in [-0.39, 0.29) is 4.91 Å². The largest absolute Gasteiger partial charge is 0.492 e. The molecular weight excluding hydrogens is 473 g/mol. The second-order valence-corrected chi connectivity index (χ2v) is 7.37. The van der Waals surface area contributed by atoms with Gasteiger partial charge in [-0.15, -0.1) is 0 Å². The lowest BCUT2D eigenvalue weighted by Crippen LogP contribution is -2.42. The van der Waals surface area contributed by atoms with Gasteiger partial charge >= 0.3 is 5.97 Å². The maximum Gasteiger partial charge on any atom is 0.328 e. The Labute approximate surface area is 169 Å². The van der Waals surface area contributed by atoms with E-state index in [1.165, 1.54) is 14.0 Å². The fourth-order valence-electron chi connectivity index (χ4n) is 2.37. The minimum absolute atomic E-state index is 0.231. The van der Waals surface area contributed by atoms with E-state index in [1.54, 1.807) is 19.3 Å². The first-order valence-electron chi connectivity index (χ1n) is 7.69. The van der Waals surface area contributed by atoms with Crippen molar-refractivity contribution in [3.05, 3.63) is 26.2 Å². The molecule has 26 heavy (non-hydrogen) atoms. The minimum Gasteiger partial charge on any atom is -0.492 e. The summed E-state index contributed by atoms with van der Waals surface area (Å²) in [6, 6.07) is 2.58. The van der Waals surface area contributed by atoms with Crippen molar-refractivity contribution < 1.29 is 28.6 Å². The highest BCUT2D eigenvalue weighted by Crippen LogP contribution is 2.37. The van der Waals surface area contributed by atoms with Gasteiger partial charge in [-0.3, -0.25) is 14.5 Å². The molecule has 1 unspecified atom stereocenters. The molecule has 9 heteroatoms. The molecule has 1 heterocycles. The number of imide groups is 1. The molecule has 0 aromatic heterocycles. The molecule has 1 aliphatic heterocycles. The molecule has 1 aliphatic rings. The van der Waals surface area contributed by atoms with Gasteiger partial charge in [0.15, 0.2) is 11.5 Å². The van der Waals surface area contributed by atoms with Crippen LogP contribution < -0.4 is 9.47 Å². The third-order valence-electron chi connectivity index (χ3n) is 3.59. The number of halogens is 1. The van der Waals surface area contributed by atoms with Gasteiger partial charge in [0.1, 0.15) is 6.04 Å². The van der Waals surface area contributed by atoms with Gasteiger partial charge in [-0.2, -0.15) is 0 Å². The summed E-state index contributed by atoms with van der Waals surface area (Å²) in [6.45, 7) is 3.77. The van der Waals surface area contributed by atoms with Gasteiger partial charge < -0.3 is 14.2 Å². The smallest absolute Gasteiger partial charge is 0.328 e. The number of rotatable bonds is 6. The van der Waals surface area contributed by atoms with Gasteiger partial charge in [0.2, 0.25) is 0 Å². The second-order valence-electron chi connectivity index (χ2n) is 5.22. The molecule has 0 bridgehead atoms. The number of thioether (sulfide) groups is 1. The lowest BCUT2D eigenvalue weighted by Gasteiger charge is -2.18. The van der Waals surface area contributed by atoms with E-state index in [1.807, 2.05) is 13.0 Å². The molecule has 0 spiro atoms. The molecule has 0 radical (unpaired) electrons. The number of carbonyl (C=O) groups is 3. The normalized spacial score (nSPS) is 16.8. The number of nitrogens with zero attached hydrogens (tertiary/aromatic N) is 1. The second kappa shape index (κ2) is 8.76. The Bertz CT molecular complexity index is 779. The van der Waals surface area contributed by atoms with Crippen LogP contribution in [-0.4, -0.2) is 48.9 Å². The quantitative estimate of drug-likeness (QED) is 0.343. The molecule has 0 aliphatic carbocycles. The number of hydrogen-bond donors (Lipinski definition) is 0. The van der Waals surface area contributed by atoms with Crippen molar-refractivity contribution >= 4 is 57.5 Å². The lowest BCUT2D eigenvalue weighted by molar-refractivity contribution is -0.148. The number of hydrogen-bond acceptors (Lipinski definition) is 7. The summed E-state index contributed by atoms with van der Waals surface area (Å²) in [6.07, 6.45) is 1.60. The first-order chi connectivity index (χ1) is 12.3. The van der Waals surface area contributed by atoms with Crippen LogP contribution in [0.4, 0.5) is 4.79 Å². The summed E-state index contributed by atoms with van der Waals surface area (Å²) in [5, 5.41) is -0.507. The molecule has 1 aromatic carbocycles. The van der Waals surface area contributed by atoms with Crippen molar-refractivity contribution in [2.45, 2.75) is 19.9 Å². The molecule has 1 saturated heterocycles. The monoisotopic (exact) mass is 491 g/mol. The summed E-state index contributed by atoms with van der Waals surface area (Å²) < 4.78 is 16.3. The lowest BCUT2D eigenvalue weighted by atomic mass is 10.1. The van der Waals surface area contributed by atoms with Crippen LogP contribution in [0.1, 0.15) is 19.4 Å². The van der Waals surface area contributed by atoms with E-state index in [0.717, 1.165) is 20.2 Å². The van der Waals surface area contributed by atoms with Crippen molar-refractivity contribution in [1.29, 1.82) is 0 Å². The van der Waals surface area contributed by atoms with E-state index in [0.29, 0.717) is 23.7 Å². The van der Waals surface area contributed by atoms with Crippen molar-refractivity contribution in [3.8, 4) is 11.5 Å². The van der Waals surface area contributed by atoms with E-state index >= 15 is 0 Å². The highest BCUT2D eigenvalue weighted by molar-refractivity contribution is 14.1. The van der Waals surface area contributed by atoms with Crippen molar-refractivity contribution in [2.75, 3.05) is 20.8 Å². The van der Waals surface area contributed by atoms with Crippen LogP contribution in [-0.2, 0) is 14.3 Å². The number of amides is 2. The summed E-state index contributed by atoms with van der Waals surface area (Å²) in [5.41, 5.74) is 0.690. The molecule has 7 nitrogen and oxygen atoms in total. The predicted molar refractivity (Wildman–Crippen MR) is 106 cm³/mol. The standard InChI is InChI=1S/C17H18INO6S/c1-5-25-12-7-10(6-11(18)14(12)23-3)8-13-15(20)19(17(22)26-13)9(2)16(21)24-4/h6-9H,5H2,1-4H3/b13-8-. The van der Waals surface area contributed by atoms with Crippen LogP contribution in [0.5, 0.6) is 11.5 Å². The van der Waals surface area contributed by atoms with Gasteiger partial charge in [0.05, 0.1) is 29.3 Å². The van der Waals surface area contributed by atoms with E-state index < -0.39 is 23.2 Å². The SMILES string of the molecule is CCOc1cc(/C=C2\SC(=O)N(C(C)C(=O)OC)C2=O)cc(I)c1OC. The zero-order valence-electron chi connectivity index (χ0n) is 14.7. The van der Waals surface area contributed by atoms with Gasteiger partial charge in [-0.25, -0.2) is 4.79 Å². The van der Waals surface area contributed by atoms with Gasteiger partial charge in [-0.1, -0.05) is 0 Å². The maximum atomic E-state index is 12.6. The van der Waals surface area contributed by atoms with E-state index in [9.17, 15) is 14.4 Å².